The van der Waals surface area contributed by atoms with E-state index in [2.05, 4.69) is 15.5 Å². The van der Waals surface area contributed by atoms with E-state index >= 15 is 0 Å². The zero-order chi connectivity index (χ0) is 17.3. The van der Waals surface area contributed by atoms with Gasteiger partial charge in [0.1, 0.15) is 11.6 Å². The Morgan fingerprint density at radius 3 is 2.83 bits per heavy atom. The Bertz CT molecular complexity index is 755. The second-order valence-electron chi connectivity index (χ2n) is 6.13. The number of amides is 1. The average molecular weight is 346 g/mol. The largest absolute Gasteiger partial charge is 0.495 e. The predicted molar refractivity (Wildman–Crippen MR) is 94.7 cm³/mol. The van der Waals surface area contributed by atoms with E-state index in [1.165, 1.54) is 24.6 Å². The number of nitrogens with zero attached hydrogens (tertiary/aromatic N) is 3. The van der Waals surface area contributed by atoms with Crippen LogP contribution in [0.2, 0.25) is 0 Å². The van der Waals surface area contributed by atoms with E-state index < -0.39 is 0 Å². The molecule has 7 heteroatoms. The van der Waals surface area contributed by atoms with E-state index in [4.69, 9.17) is 4.74 Å². The van der Waals surface area contributed by atoms with E-state index in [0.717, 1.165) is 16.5 Å². The van der Waals surface area contributed by atoms with Gasteiger partial charge in [0, 0.05) is 13.0 Å². The average Bonchev–Trinajstić information content (AvgIpc) is 3.33. The zero-order valence-corrected chi connectivity index (χ0v) is 15.2. The van der Waals surface area contributed by atoms with Gasteiger partial charge in [0.2, 0.25) is 5.91 Å². The Kier molecular flexibility index (Phi) is 4.80. The number of nitrogens with one attached hydrogen (secondary N) is 1. The van der Waals surface area contributed by atoms with Crippen LogP contribution in [0.25, 0.3) is 0 Å². The van der Waals surface area contributed by atoms with Crippen LogP contribution in [0.15, 0.2) is 23.4 Å². The quantitative estimate of drug-likeness (QED) is 0.814. The molecule has 0 saturated heterocycles. The molecule has 0 aliphatic heterocycles. The smallest absolute Gasteiger partial charge is 0.237 e. The molecule has 1 aromatic heterocycles. The number of hydrogen-bond acceptors (Lipinski definition) is 5. The van der Waals surface area contributed by atoms with Gasteiger partial charge in [-0.1, -0.05) is 17.8 Å². The van der Waals surface area contributed by atoms with Crippen molar-refractivity contribution in [1.82, 2.24) is 14.8 Å². The van der Waals surface area contributed by atoms with Crippen molar-refractivity contribution in [3.8, 4) is 5.75 Å². The summed E-state index contributed by atoms with van der Waals surface area (Å²) in [5, 5.41) is 11.9. The van der Waals surface area contributed by atoms with Crippen LogP contribution >= 0.6 is 11.8 Å². The first kappa shape index (κ1) is 16.8. The van der Waals surface area contributed by atoms with Gasteiger partial charge in [-0.2, -0.15) is 0 Å². The van der Waals surface area contributed by atoms with Gasteiger partial charge in [-0.05, 0) is 44.4 Å². The lowest BCUT2D eigenvalue weighted by atomic mass is 10.2. The topological polar surface area (TPSA) is 69.0 Å². The molecule has 1 aromatic carbocycles. The second kappa shape index (κ2) is 6.84. The van der Waals surface area contributed by atoms with Crippen molar-refractivity contribution in [2.45, 2.75) is 43.0 Å². The highest BCUT2D eigenvalue weighted by molar-refractivity contribution is 8.00. The molecule has 1 aliphatic rings. The molecule has 3 rings (SSSR count). The fraction of sp³-hybridized carbons (Fsp3) is 0.471. The monoisotopic (exact) mass is 346 g/mol. The Morgan fingerprint density at radius 1 is 1.42 bits per heavy atom. The second-order valence-corrected chi connectivity index (χ2v) is 7.44. The number of hydrogen-bond donors (Lipinski definition) is 1. The fourth-order valence-corrected chi connectivity index (χ4v) is 3.31. The van der Waals surface area contributed by atoms with Gasteiger partial charge in [-0.3, -0.25) is 4.79 Å². The summed E-state index contributed by atoms with van der Waals surface area (Å²) in [6.07, 6.45) is 2.36. The van der Waals surface area contributed by atoms with Gasteiger partial charge < -0.3 is 14.6 Å². The number of aryl methyl sites for hydroxylation is 1. The van der Waals surface area contributed by atoms with Crippen LogP contribution < -0.4 is 10.1 Å². The van der Waals surface area contributed by atoms with Crippen molar-refractivity contribution in [2.24, 2.45) is 7.05 Å². The third-order valence-electron chi connectivity index (χ3n) is 4.08. The molecule has 24 heavy (non-hydrogen) atoms. The minimum absolute atomic E-state index is 0.0835. The first-order valence-electron chi connectivity index (χ1n) is 8.01. The predicted octanol–water partition coefficient (Wildman–Crippen LogP) is 3.13. The molecule has 2 aromatic rings. The summed E-state index contributed by atoms with van der Waals surface area (Å²) >= 11 is 1.42. The summed E-state index contributed by atoms with van der Waals surface area (Å²) in [4.78, 5) is 12.5. The normalized spacial score (nSPS) is 15.2. The summed E-state index contributed by atoms with van der Waals surface area (Å²) in [7, 11) is 3.56. The van der Waals surface area contributed by atoms with Crippen molar-refractivity contribution in [1.29, 1.82) is 0 Å². The molecule has 0 radical (unpaired) electrons. The first-order valence-corrected chi connectivity index (χ1v) is 8.89. The number of carbonyl (C=O) groups excluding carboxylic acids is 1. The van der Waals surface area contributed by atoms with Gasteiger partial charge in [0.05, 0.1) is 18.0 Å². The minimum Gasteiger partial charge on any atom is -0.495 e. The van der Waals surface area contributed by atoms with E-state index in [1.54, 1.807) is 7.11 Å². The van der Waals surface area contributed by atoms with E-state index in [9.17, 15) is 4.79 Å². The number of carbonyl (C=O) groups is 1. The molecule has 1 aliphatic carbocycles. The van der Waals surface area contributed by atoms with Gasteiger partial charge in [-0.15, -0.1) is 10.2 Å². The summed E-state index contributed by atoms with van der Waals surface area (Å²) in [5.74, 6) is 2.13. The molecule has 1 fully saturated rings. The fourth-order valence-electron chi connectivity index (χ4n) is 2.49. The molecular weight excluding hydrogens is 324 g/mol. The van der Waals surface area contributed by atoms with Crippen LogP contribution in [-0.2, 0) is 11.8 Å². The van der Waals surface area contributed by atoms with Crippen LogP contribution in [0.3, 0.4) is 0 Å². The lowest BCUT2D eigenvalue weighted by Crippen LogP contribution is -2.23. The van der Waals surface area contributed by atoms with Crippen molar-refractivity contribution in [3.05, 3.63) is 29.6 Å². The molecule has 0 spiro atoms. The van der Waals surface area contributed by atoms with Crippen LogP contribution in [0.5, 0.6) is 5.75 Å². The van der Waals surface area contributed by atoms with Crippen molar-refractivity contribution in [3.63, 3.8) is 0 Å². The Labute approximate surface area is 146 Å². The van der Waals surface area contributed by atoms with Gasteiger partial charge in [0.15, 0.2) is 5.16 Å². The van der Waals surface area contributed by atoms with Gasteiger partial charge in [0.25, 0.3) is 0 Å². The van der Waals surface area contributed by atoms with E-state index in [0.29, 0.717) is 17.4 Å². The van der Waals surface area contributed by atoms with Crippen LogP contribution in [0.1, 0.15) is 37.1 Å². The van der Waals surface area contributed by atoms with Crippen LogP contribution in [-0.4, -0.2) is 33.0 Å². The third-order valence-corrected chi connectivity index (χ3v) is 5.21. The van der Waals surface area contributed by atoms with E-state index in [1.807, 2.05) is 43.7 Å². The molecule has 0 unspecified atom stereocenters. The van der Waals surface area contributed by atoms with Gasteiger partial charge >= 0.3 is 0 Å². The molecule has 1 heterocycles. The first-order chi connectivity index (χ1) is 11.5. The number of aromatic nitrogens is 3. The van der Waals surface area contributed by atoms with Crippen LogP contribution in [0.4, 0.5) is 5.69 Å². The molecule has 6 nitrogen and oxygen atoms in total. The highest BCUT2D eigenvalue weighted by Crippen LogP contribution is 2.39. The van der Waals surface area contributed by atoms with Crippen molar-refractivity contribution in [2.75, 3.05) is 12.4 Å². The zero-order valence-electron chi connectivity index (χ0n) is 14.4. The summed E-state index contributed by atoms with van der Waals surface area (Å²) < 4.78 is 7.31. The number of anilines is 1. The van der Waals surface area contributed by atoms with Crippen molar-refractivity contribution >= 4 is 23.4 Å². The standard InChI is InChI=1S/C17H22N4O2S/c1-10-5-8-14(23-4)13(9-10)18-16(22)11(2)24-17-20-19-15(21(17)3)12-6-7-12/h5,8-9,11-12H,6-7H2,1-4H3,(H,18,22)/t11-/m1/s1. The van der Waals surface area contributed by atoms with Gasteiger partial charge in [-0.25, -0.2) is 0 Å². The third kappa shape index (κ3) is 3.56. The molecular formula is C17H22N4O2S. The molecule has 1 amide bonds. The molecule has 1 atom stereocenters. The molecule has 0 bridgehead atoms. The maximum Gasteiger partial charge on any atom is 0.237 e. The summed E-state index contributed by atoms with van der Waals surface area (Å²) in [6.45, 7) is 3.85. The SMILES string of the molecule is COc1ccc(C)cc1NC(=O)[C@@H](C)Sc1nnc(C2CC2)n1C. The Morgan fingerprint density at radius 2 is 2.17 bits per heavy atom. The molecule has 1 saturated carbocycles. The highest BCUT2D eigenvalue weighted by Gasteiger charge is 2.30. The van der Waals surface area contributed by atoms with E-state index in [-0.39, 0.29) is 11.2 Å². The maximum atomic E-state index is 12.5. The Hall–Kier alpha value is -2.02. The highest BCUT2D eigenvalue weighted by atomic mass is 32.2. The summed E-state index contributed by atoms with van der Waals surface area (Å²) in [5.41, 5.74) is 1.75. The summed E-state index contributed by atoms with van der Waals surface area (Å²) in [6, 6.07) is 5.71. The number of ether oxygens (including phenoxy) is 1. The Balaban J connectivity index is 1.68. The number of benzene rings is 1. The number of methoxy groups -OCH3 is 1. The maximum absolute atomic E-state index is 12.5. The lowest BCUT2D eigenvalue weighted by molar-refractivity contribution is -0.115. The van der Waals surface area contributed by atoms with Crippen molar-refractivity contribution < 1.29 is 9.53 Å². The number of thioether (sulfide) groups is 1. The number of rotatable bonds is 6. The minimum atomic E-state index is -0.287. The molecule has 1 N–H and O–H groups in total. The molecule has 128 valence electrons. The lowest BCUT2D eigenvalue weighted by Gasteiger charge is -2.14. The van der Waals surface area contributed by atoms with Crippen LogP contribution in [0, 0.1) is 6.92 Å².